The third-order valence-corrected chi connectivity index (χ3v) is 7.08. The third-order valence-electron chi connectivity index (χ3n) is 5.38. The number of thioether (sulfide) groups is 1. The number of hydroxylamine groups is 1. The lowest BCUT2D eigenvalue weighted by Gasteiger charge is -2.26. The minimum Gasteiger partial charge on any atom is -0.493 e. The van der Waals surface area contributed by atoms with Crippen LogP contribution in [0.25, 0.3) is 0 Å². The molecule has 2 amide bonds. The summed E-state index contributed by atoms with van der Waals surface area (Å²) in [5.41, 5.74) is 0.634. The van der Waals surface area contributed by atoms with E-state index >= 15 is 0 Å². The van der Waals surface area contributed by atoms with E-state index < -0.39 is 63.4 Å². The first-order valence-corrected chi connectivity index (χ1v) is 10.4. The van der Waals surface area contributed by atoms with Gasteiger partial charge in [-0.2, -0.15) is 22.3 Å². The van der Waals surface area contributed by atoms with Crippen LogP contribution in [0.2, 0.25) is 0 Å². The average Bonchev–Trinajstić information content (AvgIpc) is 3.15. The first kappa shape index (κ1) is 25.5. The summed E-state index contributed by atoms with van der Waals surface area (Å²) in [5.74, 6) is -6.71. The number of amides is 2. The van der Waals surface area contributed by atoms with Crippen molar-refractivity contribution >= 4 is 23.6 Å². The Morgan fingerprint density at radius 2 is 1.97 bits per heavy atom. The van der Waals surface area contributed by atoms with Crippen LogP contribution >= 0.6 is 11.8 Å². The van der Waals surface area contributed by atoms with Crippen LogP contribution in [0.3, 0.4) is 0 Å². The molecule has 1 saturated heterocycles. The molecule has 1 aliphatic rings. The van der Waals surface area contributed by atoms with E-state index in [1.54, 1.807) is 0 Å². The third kappa shape index (κ3) is 4.59. The van der Waals surface area contributed by atoms with Crippen molar-refractivity contribution in [3.63, 3.8) is 0 Å². The molecule has 1 aliphatic heterocycles. The van der Waals surface area contributed by atoms with E-state index in [9.17, 15) is 36.7 Å². The molecule has 8 nitrogen and oxygen atoms in total. The Morgan fingerprint density at radius 3 is 2.56 bits per heavy atom. The summed E-state index contributed by atoms with van der Waals surface area (Å²) in [4.78, 5) is 28.4. The van der Waals surface area contributed by atoms with Gasteiger partial charge in [-0.1, -0.05) is 6.07 Å². The molecule has 1 aromatic carbocycles. The summed E-state index contributed by atoms with van der Waals surface area (Å²) in [6, 6.07) is 3.81. The summed E-state index contributed by atoms with van der Waals surface area (Å²) in [6.07, 6.45) is -4.45. The zero-order valence-corrected chi connectivity index (χ0v) is 18.4. The zero-order valence-electron chi connectivity index (χ0n) is 17.6. The van der Waals surface area contributed by atoms with Crippen LogP contribution in [0.15, 0.2) is 35.5 Å². The van der Waals surface area contributed by atoms with E-state index in [1.165, 1.54) is 5.48 Å². The van der Waals surface area contributed by atoms with E-state index in [1.807, 2.05) is 0 Å². The molecular weight excluding hydrogens is 489 g/mol. The molecule has 0 spiro atoms. The number of carbonyl (C=O) groups is 2. The summed E-state index contributed by atoms with van der Waals surface area (Å²) in [7, 11) is 1.02. The van der Waals surface area contributed by atoms with Crippen molar-refractivity contribution in [2.75, 3.05) is 7.11 Å². The van der Waals surface area contributed by atoms with Gasteiger partial charge in [0.2, 0.25) is 5.82 Å². The van der Waals surface area contributed by atoms with Crippen LogP contribution in [0.4, 0.5) is 22.0 Å². The predicted molar refractivity (Wildman–Crippen MR) is 108 cm³/mol. The number of methoxy groups -OCH3 is 1. The first-order chi connectivity index (χ1) is 15.8. The quantitative estimate of drug-likeness (QED) is 0.254. The number of pyridine rings is 1. The number of alkyl halides is 3. The molecule has 184 valence electrons. The SMILES string of the molecule is COc1c([C@@H]2C[C@](C)(C(F)(F)F)S[C@H]2C(=O)N=c2ccn(O)c(C(=O)NO)c2)ccc(F)c1F. The van der Waals surface area contributed by atoms with Crippen molar-refractivity contribution < 1.29 is 46.7 Å². The number of hydrogen-bond donors (Lipinski definition) is 3. The highest BCUT2D eigenvalue weighted by Gasteiger charge is 2.60. The smallest absolute Gasteiger partial charge is 0.403 e. The topological polar surface area (TPSA) is 113 Å². The van der Waals surface area contributed by atoms with Gasteiger partial charge in [0.15, 0.2) is 11.6 Å². The van der Waals surface area contributed by atoms with E-state index in [-0.39, 0.29) is 22.7 Å². The number of nitrogens with one attached hydrogen (secondary N) is 1. The van der Waals surface area contributed by atoms with E-state index in [0.717, 1.165) is 44.5 Å². The number of halogens is 5. The van der Waals surface area contributed by atoms with E-state index in [4.69, 9.17) is 9.94 Å². The standard InChI is InChI=1S/C20H18F5N3O5S/c1-19(20(23,24)25)8-11(10-3-4-12(21)14(22)15(10)33-2)16(34-19)18(30)26-9-5-6-28(32)13(7-9)17(29)27-31/h3-7,11,16,31-32H,8H2,1-2H3,(H,27,29)/t11-,16+,19+/m0/s1. The van der Waals surface area contributed by atoms with Crippen LogP contribution in [0.1, 0.15) is 35.3 Å². The van der Waals surface area contributed by atoms with Crippen molar-refractivity contribution in [3.8, 4) is 5.75 Å². The van der Waals surface area contributed by atoms with Gasteiger partial charge in [-0.3, -0.25) is 14.8 Å². The van der Waals surface area contributed by atoms with Gasteiger partial charge < -0.3 is 9.94 Å². The lowest BCUT2D eigenvalue weighted by atomic mass is 9.86. The highest BCUT2D eigenvalue weighted by molar-refractivity contribution is 8.02. The largest absolute Gasteiger partial charge is 0.493 e. The fourth-order valence-corrected chi connectivity index (χ4v) is 5.16. The summed E-state index contributed by atoms with van der Waals surface area (Å²) in [6.45, 7) is 0.894. The molecule has 1 fully saturated rings. The van der Waals surface area contributed by atoms with Gasteiger partial charge in [-0.15, -0.1) is 11.8 Å². The number of ether oxygens (including phenoxy) is 1. The minimum atomic E-state index is -4.74. The number of hydrogen-bond acceptors (Lipinski definition) is 6. The minimum absolute atomic E-state index is 0.128. The van der Waals surface area contributed by atoms with Crippen molar-refractivity contribution in [3.05, 3.63) is 58.7 Å². The molecule has 1 aromatic heterocycles. The number of benzene rings is 1. The van der Waals surface area contributed by atoms with Gasteiger partial charge in [0.25, 0.3) is 11.8 Å². The number of rotatable bonds is 4. The zero-order chi connectivity index (χ0) is 25.4. The molecule has 14 heteroatoms. The van der Waals surface area contributed by atoms with Gasteiger partial charge in [0, 0.05) is 17.7 Å². The molecule has 2 heterocycles. The van der Waals surface area contributed by atoms with Crippen LogP contribution in [0.5, 0.6) is 5.75 Å². The summed E-state index contributed by atoms with van der Waals surface area (Å²) >= 11 is 0.284. The van der Waals surface area contributed by atoms with Crippen molar-refractivity contribution in [1.29, 1.82) is 0 Å². The van der Waals surface area contributed by atoms with Crippen LogP contribution < -0.4 is 15.6 Å². The van der Waals surface area contributed by atoms with Crippen molar-refractivity contribution in [1.82, 2.24) is 10.2 Å². The van der Waals surface area contributed by atoms with Gasteiger partial charge in [0.1, 0.15) is 10.4 Å². The van der Waals surface area contributed by atoms with Crippen LogP contribution in [0, 0.1) is 11.6 Å². The summed E-state index contributed by atoms with van der Waals surface area (Å²) < 4.78 is 72.3. The van der Waals surface area contributed by atoms with Gasteiger partial charge in [-0.05, 0) is 31.5 Å². The van der Waals surface area contributed by atoms with Crippen LogP contribution in [-0.2, 0) is 4.79 Å². The Kier molecular flexibility index (Phi) is 6.94. The van der Waals surface area contributed by atoms with Crippen LogP contribution in [-0.4, -0.2) is 50.2 Å². The summed E-state index contributed by atoms with van der Waals surface area (Å²) in [5, 5.41) is 16.7. The Balaban J connectivity index is 2.11. The number of carbonyl (C=O) groups excluding carboxylic acids is 2. The Labute approximate surface area is 193 Å². The Hall–Kier alpha value is -3.13. The maximum Gasteiger partial charge on any atom is 0.403 e. The molecule has 0 saturated carbocycles. The number of nitrogens with zero attached hydrogens (tertiary/aromatic N) is 2. The fraction of sp³-hybridized carbons (Fsp3) is 0.350. The van der Waals surface area contributed by atoms with Gasteiger partial charge in [0.05, 0.1) is 17.7 Å². The van der Waals surface area contributed by atoms with E-state index in [2.05, 4.69) is 4.99 Å². The molecule has 0 bridgehead atoms. The molecule has 34 heavy (non-hydrogen) atoms. The normalized spacial score (nSPS) is 23.1. The Bertz CT molecular complexity index is 1200. The average molecular weight is 507 g/mol. The maximum atomic E-state index is 14.3. The highest BCUT2D eigenvalue weighted by atomic mass is 32.2. The highest BCUT2D eigenvalue weighted by Crippen LogP contribution is 2.59. The van der Waals surface area contributed by atoms with Gasteiger partial charge >= 0.3 is 6.18 Å². The molecule has 3 N–H and O–H groups in total. The second-order valence-corrected chi connectivity index (χ2v) is 9.21. The molecule has 0 unspecified atom stereocenters. The lowest BCUT2D eigenvalue weighted by molar-refractivity contribution is -0.155. The molecule has 3 rings (SSSR count). The first-order valence-electron chi connectivity index (χ1n) is 9.54. The maximum absolute atomic E-state index is 14.3. The monoisotopic (exact) mass is 507 g/mol. The van der Waals surface area contributed by atoms with Gasteiger partial charge in [-0.25, -0.2) is 14.9 Å². The molecular formula is C20H18F5N3O5S. The molecule has 0 radical (unpaired) electrons. The second kappa shape index (κ2) is 9.25. The molecule has 2 aromatic rings. The number of aromatic nitrogens is 1. The predicted octanol–water partition coefficient (Wildman–Crippen LogP) is 3.17. The lowest BCUT2D eigenvalue weighted by Crippen LogP contribution is -2.37. The second-order valence-electron chi connectivity index (χ2n) is 7.57. The fourth-order valence-electron chi connectivity index (χ4n) is 3.63. The van der Waals surface area contributed by atoms with Crippen molar-refractivity contribution in [2.45, 2.75) is 35.4 Å². The molecule has 3 atom stereocenters. The van der Waals surface area contributed by atoms with Crippen molar-refractivity contribution in [2.24, 2.45) is 4.99 Å². The van der Waals surface area contributed by atoms with E-state index in [0.29, 0.717) is 4.73 Å². The molecule has 0 aliphatic carbocycles. The Morgan fingerprint density at radius 1 is 1.29 bits per heavy atom.